The number of nitrogens with one attached hydrogen (secondary N) is 2. The Balaban J connectivity index is 1.58. The van der Waals surface area contributed by atoms with Crippen molar-refractivity contribution in [3.05, 3.63) is 60.3 Å². The summed E-state index contributed by atoms with van der Waals surface area (Å²) in [5.74, 6) is -0.170. The number of nitrogens with zero attached hydrogens (tertiary/aromatic N) is 4. The lowest BCUT2D eigenvalue weighted by molar-refractivity contribution is 0.0911. The average molecular weight is 413 g/mol. The summed E-state index contributed by atoms with van der Waals surface area (Å²) in [6.45, 7) is 0.935. The summed E-state index contributed by atoms with van der Waals surface area (Å²) in [7, 11) is 3.87. The van der Waals surface area contributed by atoms with Gasteiger partial charge in [0.05, 0.1) is 6.10 Å². The number of hydrogen-bond acceptors (Lipinski definition) is 7. The molecule has 2 heterocycles. The van der Waals surface area contributed by atoms with Gasteiger partial charge in [-0.25, -0.2) is 4.79 Å². The highest BCUT2D eigenvalue weighted by Gasteiger charge is 2.22. The Morgan fingerprint density at radius 2 is 1.90 bits per heavy atom. The first-order valence-corrected chi connectivity index (χ1v) is 10.0. The molecule has 0 bridgehead atoms. The molecular formula is C20H24N6O2S. The van der Waals surface area contributed by atoms with Crippen molar-refractivity contribution >= 4 is 22.5 Å². The van der Waals surface area contributed by atoms with Crippen molar-refractivity contribution < 1.29 is 9.90 Å². The lowest BCUT2D eigenvalue weighted by Crippen LogP contribution is -2.39. The van der Waals surface area contributed by atoms with Crippen LogP contribution in [-0.2, 0) is 0 Å². The van der Waals surface area contributed by atoms with E-state index >= 15 is 0 Å². The van der Waals surface area contributed by atoms with E-state index in [1.165, 1.54) is 11.3 Å². The summed E-state index contributed by atoms with van der Waals surface area (Å²) in [5, 5.41) is 25.3. The van der Waals surface area contributed by atoms with Crippen molar-refractivity contribution in [3.63, 3.8) is 0 Å². The molecule has 0 radical (unpaired) electrons. The van der Waals surface area contributed by atoms with Gasteiger partial charge in [-0.1, -0.05) is 47.7 Å². The Bertz CT molecular complexity index is 904. The van der Waals surface area contributed by atoms with Crippen molar-refractivity contribution in [1.82, 2.24) is 25.4 Å². The molecule has 29 heavy (non-hydrogen) atoms. The quantitative estimate of drug-likeness (QED) is 0.526. The van der Waals surface area contributed by atoms with Crippen LogP contribution in [0.5, 0.6) is 0 Å². The molecule has 152 valence electrons. The lowest BCUT2D eigenvalue weighted by atomic mass is 9.95. The fourth-order valence-electron chi connectivity index (χ4n) is 2.90. The smallest absolute Gasteiger partial charge is 0.321 e. The molecule has 8 nitrogen and oxygen atoms in total. The Hall–Kier alpha value is -2.88. The highest BCUT2D eigenvalue weighted by atomic mass is 32.1. The van der Waals surface area contributed by atoms with Crippen LogP contribution in [0.3, 0.4) is 0 Å². The fourth-order valence-corrected chi connectivity index (χ4v) is 3.61. The Morgan fingerprint density at radius 1 is 1.14 bits per heavy atom. The van der Waals surface area contributed by atoms with Gasteiger partial charge in [0.1, 0.15) is 5.69 Å². The maximum Gasteiger partial charge on any atom is 0.321 e. The second kappa shape index (κ2) is 10.1. The minimum absolute atomic E-state index is 0.170. The molecule has 0 unspecified atom stereocenters. The minimum atomic E-state index is -0.684. The zero-order valence-corrected chi connectivity index (χ0v) is 17.1. The van der Waals surface area contributed by atoms with Crippen LogP contribution in [-0.4, -0.2) is 58.4 Å². The topological polar surface area (TPSA) is 103 Å². The maximum absolute atomic E-state index is 12.3. The van der Waals surface area contributed by atoms with Gasteiger partial charge in [-0.15, -0.1) is 10.2 Å². The molecule has 0 spiro atoms. The molecule has 0 saturated heterocycles. The number of pyridine rings is 1. The second-order valence-electron chi connectivity index (χ2n) is 6.84. The largest absolute Gasteiger partial charge is 0.388 e. The van der Waals surface area contributed by atoms with Gasteiger partial charge in [-0.3, -0.25) is 10.3 Å². The number of urea groups is 1. The molecule has 1 aromatic carbocycles. The highest BCUT2D eigenvalue weighted by Crippen LogP contribution is 2.24. The van der Waals surface area contributed by atoms with Crippen LogP contribution >= 0.6 is 11.3 Å². The summed E-state index contributed by atoms with van der Waals surface area (Å²) in [6.07, 6.45) is 0.996. The number of carbonyl (C=O) groups is 1. The third-order valence-electron chi connectivity index (χ3n) is 4.24. The fraction of sp³-hybridized carbons (Fsp3) is 0.300. The normalized spacial score (nSPS) is 13.1. The van der Waals surface area contributed by atoms with Crippen LogP contribution in [0.15, 0.2) is 54.7 Å². The molecular weight excluding hydrogens is 388 g/mol. The van der Waals surface area contributed by atoms with Crippen LogP contribution in [0.4, 0.5) is 9.93 Å². The van der Waals surface area contributed by atoms with E-state index in [9.17, 15) is 9.90 Å². The predicted octanol–water partition coefficient (Wildman–Crippen LogP) is 2.63. The van der Waals surface area contributed by atoms with Crippen molar-refractivity contribution in [2.45, 2.75) is 6.10 Å². The average Bonchev–Trinajstić information content (AvgIpc) is 3.20. The first-order chi connectivity index (χ1) is 14.0. The van der Waals surface area contributed by atoms with Gasteiger partial charge in [0.25, 0.3) is 0 Å². The molecule has 9 heteroatoms. The minimum Gasteiger partial charge on any atom is -0.388 e. The number of hydrogen-bond donors (Lipinski definition) is 3. The number of aromatic nitrogens is 3. The van der Waals surface area contributed by atoms with E-state index in [1.807, 2.05) is 67.5 Å². The molecule has 3 aromatic rings. The Morgan fingerprint density at radius 3 is 2.59 bits per heavy atom. The Kier molecular flexibility index (Phi) is 7.23. The molecule has 2 amide bonds. The van der Waals surface area contributed by atoms with Gasteiger partial charge in [0.2, 0.25) is 5.13 Å². The molecule has 2 aromatic heterocycles. The molecule has 0 aliphatic rings. The Labute approximate surface area is 173 Å². The number of rotatable bonds is 8. The number of benzene rings is 1. The van der Waals surface area contributed by atoms with Gasteiger partial charge in [-0.05, 0) is 31.8 Å². The number of amides is 2. The molecule has 0 aliphatic heterocycles. The summed E-state index contributed by atoms with van der Waals surface area (Å²) in [5.41, 5.74) is 1.53. The van der Waals surface area contributed by atoms with E-state index in [4.69, 9.17) is 0 Å². The van der Waals surface area contributed by atoms with Crippen molar-refractivity contribution in [2.24, 2.45) is 5.92 Å². The number of anilines is 1. The van der Waals surface area contributed by atoms with E-state index in [-0.39, 0.29) is 5.92 Å². The zero-order valence-electron chi connectivity index (χ0n) is 16.3. The van der Waals surface area contributed by atoms with Gasteiger partial charge in [-0.2, -0.15) is 0 Å². The molecule has 0 aliphatic carbocycles. The first kappa shape index (κ1) is 20.8. The lowest BCUT2D eigenvalue weighted by Gasteiger charge is -2.26. The first-order valence-electron chi connectivity index (χ1n) is 9.20. The van der Waals surface area contributed by atoms with Gasteiger partial charge in [0, 0.05) is 25.2 Å². The van der Waals surface area contributed by atoms with Crippen LogP contribution < -0.4 is 10.6 Å². The van der Waals surface area contributed by atoms with Crippen molar-refractivity contribution in [2.75, 3.05) is 32.5 Å². The highest BCUT2D eigenvalue weighted by molar-refractivity contribution is 7.18. The van der Waals surface area contributed by atoms with E-state index in [1.54, 1.807) is 6.20 Å². The monoisotopic (exact) mass is 412 g/mol. The zero-order chi connectivity index (χ0) is 20.6. The van der Waals surface area contributed by atoms with E-state index in [2.05, 4.69) is 25.8 Å². The summed E-state index contributed by atoms with van der Waals surface area (Å²) in [4.78, 5) is 18.5. The summed E-state index contributed by atoms with van der Waals surface area (Å²) < 4.78 is 0. The van der Waals surface area contributed by atoms with Crippen molar-refractivity contribution in [3.8, 4) is 10.7 Å². The van der Waals surface area contributed by atoms with E-state index in [0.29, 0.717) is 28.9 Å². The van der Waals surface area contributed by atoms with Crippen LogP contribution in [0.2, 0.25) is 0 Å². The van der Waals surface area contributed by atoms with E-state index in [0.717, 1.165) is 5.56 Å². The molecule has 3 N–H and O–H groups in total. The van der Waals surface area contributed by atoms with Gasteiger partial charge >= 0.3 is 6.03 Å². The molecule has 0 saturated carbocycles. The molecule has 3 rings (SSSR count). The third-order valence-corrected chi connectivity index (χ3v) is 5.10. The summed E-state index contributed by atoms with van der Waals surface area (Å²) >= 11 is 1.25. The number of aliphatic hydroxyl groups excluding tert-OH is 1. The predicted molar refractivity (Wildman–Crippen MR) is 114 cm³/mol. The summed E-state index contributed by atoms with van der Waals surface area (Å²) in [6, 6.07) is 14.6. The molecule has 2 atom stereocenters. The maximum atomic E-state index is 12.3. The van der Waals surface area contributed by atoms with Crippen LogP contribution in [0.1, 0.15) is 11.7 Å². The standard InChI is InChI=1S/C20H24N6O2S/c1-26(2)13-15(17(27)14-8-4-3-5-9-14)12-22-19(28)23-20-25-24-18(29-20)16-10-6-7-11-21-16/h3-11,15,17,27H,12-13H2,1-2H3,(H2,22,23,25,28)/t15-,17-/m1/s1. The number of aliphatic hydroxyl groups is 1. The number of carbonyl (C=O) groups excluding carboxylic acids is 1. The van der Waals surface area contributed by atoms with E-state index < -0.39 is 12.1 Å². The van der Waals surface area contributed by atoms with Crippen LogP contribution in [0, 0.1) is 5.92 Å². The third kappa shape index (κ3) is 6.05. The van der Waals surface area contributed by atoms with Gasteiger partial charge in [0.15, 0.2) is 5.01 Å². The SMILES string of the molecule is CN(C)C[C@@H](CNC(=O)Nc1nnc(-c2ccccn2)s1)[C@H](O)c1ccccc1. The second-order valence-corrected chi connectivity index (χ2v) is 7.82. The van der Waals surface area contributed by atoms with Gasteiger partial charge < -0.3 is 15.3 Å². The molecule has 0 fully saturated rings. The van der Waals surface area contributed by atoms with Crippen molar-refractivity contribution in [1.29, 1.82) is 0 Å². The van der Waals surface area contributed by atoms with Crippen LogP contribution in [0.25, 0.3) is 10.7 Å².